The molecule has 2 amide bonds. The number of aryl methyl sites for hydroxylation is 1. The molecular weight excluding hydrogens is 274 g/mol. The first-order chi connectivity index (χ1) is 9.56. The number of benzene rings is 1. The van der Waals surface area contributed by atoms with E-state index in [1.165, 1.54) is 11.8 Å². The van der Waals surface area contributed by atoms with Crippen LogP contribution in [0.15, 0.2) is 47.5 Å². The Kier molecular flexibility index (Phi) is 4.47. The van der Waals surface area contributed by atoms with Crippen molar-refractivity contribution in [2.75, 3.05) is 11.5 Å². The minimum atomic E-state index is -0.393. The fourth-order valence-corrected chi connectivity index (χ4v) is 2.44. The fraction of sp³-hybridized carbons (Fsp3) is 0.143. The summed E-state index contributed by atoms with van der Waals surface area (Å²) < 4.78 is 1.66. The second-order valence-corrected chi connectivity index (χ2v) is 5.29. The summed E-state index contributed by atoms with van der Waals surface area (Å²) in [6, 6.07) is 10.7. The van der Waals surface area contributed by atoms with Crippen LogP contribution in [0.2, 0.25) is 0 Å². The smallest absolute Gasteiger partial charge is 0.274 e. The fourth-order valence-electron chi connectivity index (χ4n) is 1.68. The largest absolute Gasteiger partial charge is 0.399 e. The SMILES string of the molecule is Cn1cccc1C(=O)NC(=O)CSc1cccc(N)c1. The van der Waals surface area contributed by atoms with E-state index in [4.69, 9.17) is 5.73 Å². The standard InChI is InChI=1S/C14H15N3O2S/c1-17-7-3-6-12(17)14(19)16-13(18)9-20-11-5-2-4-10(15)8-11/h2-8H,9,15H2,1H3,(H,16,18,19). The summed E-state index contributed by atoms with van der Waals surface area (Å²) in [6.45, 7) is 0. The molecule has 0 bridgehead atoms. The molecule has 5 nitrogen and oxygen atoms in total. The number of amides is 2. The average molecular weight is 289 g/mol. The van der Waals surface area contributed by atoms with Crippen LogP contribution in [0, 0.1) is 0 Å². The van der Waals surface area contributed by atoms with E-state index in [0.717, 1.165) is 4.90 Å². The molecule has 104 valence electrons. The van der Waals surface area contributed by atoms with Gasteiger partial charge in [0.25, 0.3) is 5.91 Å². The number of thioether (sulfide) groups is 1. The number of anilines is 1. The van der Waals surface area contributed by atoms with E-state index < -0.39 is 5.91 Å². The molecule has 0 saturated heterocycles. The molecule has 2 aromatic rings. The second kappa shape index (κ2) is 6.29. The first-order valence-corrected chi connectivity index (χ1v) is 6.98. The van der Waals surface area contributed by atoms with Gasteiger partial charge >= 0.3 is 0 Å². The van der Waals surface area contributed by atoms with Crippen LogP contribution in [-0.4, -0.2) is 22.1 Å². The maximum atomic E-state index is 11.8. The summed E-state index contributed by atoms with van der Waals surface area (Å²) in [5.74, 6) is -0.557. The molecule has 0 aliphatic carbocycles. The molecule has 1 aromatic carbocycles. The van der Waals surface area contributed by atoms with Crippen molar-refractivity contribution >= 4 is 29.3 Å². The van der Waals surface area contributed by atoms with Gasteiger partial charge in [0.2, 0.25) is 5.91 Å². The van der Waals surface area contributed by atoms with Crippen LogP contribution in [0.3, 0.4) is 0 Å². The monoisotopic (exact) mass is 289 g/mol. The minimum Gasteiger partial charge on any atom is -0.399 e. The summed E-state index contributed by atoms with van der Waals surface area (Å²) in [5.41, 5.74) is 6.76. The van der Waals surface area contributed by atoms with Gasteiger partial charge in [-0.25, -0.2) is 0 Å². The van der Waals surface area contributed by atoms with Crippen LogP contribution in [0.4, 0.5) is 5.69 Å². The van der Waals surface area contributed by atoms with Gasteiger partial charge < -0.3 is 10.3 Å². The van der Waals surface area contributed by atoms with Crippen LogP contribution in [0.25, 0.3) is 0 Å². The summed E-state index contributed by atoms with van der Waals surface area (Å²) >= 11 is 1.34. The molecule has 0 radical (unpaired) electrons. The lowest BCUT2D eigenvalue weighted by atomic mass is 10.3. The highest BCUT2D eigenvalue weighted by atomic mass is 32.2. The van der Waals surface area contributed by atoms with Crippen molar-refractivity contribution in [3.8, 4) is 0 Å². The number of imide groups is 1. The molecule has 6 heteroatoms. The van der Waals surface area contributed by atoms with Crippen molar-refractivity contribution in [1.29, 1.82) is 0 Å². The number of hydrogen-bond acceptors (Lipinski definition) is 4. The van der Waals surface area contributed by atoms with Gasteiger partial charge in [-0.15, -0.1) is 11.8 Å². The van der Waals surface area contributed by atoms with E-state index in [2.05, 4.69) is 5.32 Å². The molecule has 0 saturated carbocycles. The number of carbonyl (C=O) groups is 2. The predicted octanol–water partition coefficient (Wildman–Crippen LogP) is 1.66. The Morgan fingerprint density at radius 2 is 2.10 bits per heavy atom. The number of nitrogens with two attached hydrogens (primary N) is 1. The zero-order chi connectivity index (χ0) is 14.5. The molecule has 0 unspecified atom stereocenters. The first kappa shape index (κ1) is 14.2. The van der Waals surface area contributed by atoms with Crippen molar-refractivity contribution < 1.29 is 9.59 Å². The lowest BCUT2D eigenvalue weighted by Crippen LogP contribution is -2.32. The van der Waals surface area contributed by atoms with Gasteiger partial charge in [0, 0.05) is 23.8 Å². The second-order valence-electron chi connectivity index (χ2n) is 4.24. The van der Waals surface area contributed by atoms with E-state index in [9.17, 15) is 9.59 Å². The van der Waals surface area contributed by atoms with E-state index in [0.29, 0.717) is 11.4 Å². The molecule has 3 N–H and O–H groups in total. The van der Waals surface area contributed by atoms with Gasteiger partial charge in [0.05, 0.1) is 5.75 Å². The first-order valence-electron chi connectivity index (χ1n) is 6.00. The van der Waals surface area contributed by atoms with Crippen molar-refractivity contribution in [3.05, 3.63) is 48.3 Å². The van der Waals surface area contributed by atoms with Gasteiger partial charge in [0.1, 0.15) is 5.69 Å². The molecule has 1 heterocycles. The van der Waals surface area contributed by atoms with Gasteiger partial charge in [-0.05, 0) is 30.3 Å². The molecule has 0 fully saturated rings. The summed E-state index contributed by atoms with van der Waals surface area (Å²) in [7, 11) is 1.75. The van der Waals surface area contributed by atoms with Crippen molar-refractivity contribution in [3.63, 3.8) is 0 Å². The zero-order valence-electron chi connectivity index (χ0n) is 11.0. The zero-order valence-corrected chi connectivity index (χ0v) is 11.8. The van der Waals surface area contributed by atoms with Gasteiger partial charge in [-0.2, -0.15) is 0 Å². The molecule has 1 aromatic heterocycles. The van der Waals surface area contributed by atoms with E-state index in [1.807, 2.05) is 12.1 Å². The van der Waals surface area contributed by atoms with E-state index >= 15 is 0 Å². The van der Waals surface area contributed by atoms with Crippen LogP contribution in [0.1, 0.15) is 10.5 Å². The number of nitrogen functional groups attached to an aromatic ring is 1. The highest BCUT2D eigenvalue weighted by Gasteiger charge is 2.12. The molecule has 20 heavy (non-hydrogen) atoms. The molecule has 0 atom stereocenters. The molecule has 2 rings (SSSR count). The number of aromatic nitrogens is 1. The van der Waals surface area contributed by atoms with E-state index in [-0.39, 0.29) is 11.7 Å². The van der Waals surface area contributed by atoms with Gasteiger partial charge in [-0.3, -0.25) is 14.9 Å². The Balaban J connectivity index is 1.87. The molecule has 0 spiro atoms. The Morgan fingerprint density at radius 3 is 2.75 bits per heavy atom. The van der Waals surface area contributed by atoms with Crippen molar-refractivity contribution in [2.24, 2.45) is 7.05 Å². The highest BCUT2D eigenvalue weighted by molar-refractivity contribution is 8.00. The molecular formula is C14H15N3O2S. The topological polar surface area (TPSA) is 77.1 Å². The normalized spacial score (nSPS) is 10.2. The Bertz CT molecular complexity index is 637. The Labute approximate surface area is 121 Å². The third-order valence-electron chi connectivity index (χ3n) is 2.66. The third kappa shape index (κ3) is 3.64. The van der Waals surface area contributed by atoms with Crippen LogP contribution in [0.5, 0.6) is 0 Å². The number of nitrogens with one attached hydrogen (secondary N) is 1. The summed E-state index contributed by atoms with van der Waals surface area (Å²) in [6.07, 6.45) is 1.75. The quantitative estimate of drug-likeness (QED) is 0.663. The Morgan fingerprint density at radius 1 is 1.30 bits per heavy atom. The van der Waals surface area contributed by atoms with Gasteiger partial charge in [-0.1, -0.05) is 6.07 Å². The lowest BCUT2D eigenvalue weighted by Gasteiger charge is -2.05. The lowest BCUT2D eigenvalue weighted by molar-refractivity contribution is -0.117. The number of hydrogen-bond donors (Lipinski definition) is 2. The van der Waals surface area contributed by atoms with Crippen LogP contribution >= 0.6 is 11.8 Å². The van der Waals surface area contributed by atoms with Crippen LogP contribution < -0.4 is 11.1 Å². The Hall–Kier alpha value is -2.21. The van der Waals surface area contributed by atoms with Gasteiger partial charge in [0.15, 0.2) is 0 Å². The van der Waals surface area contributed by atoms with Crippen molar-refractivity contribution in [1.82, 2.24) is 9.88 Å². The average Bonchev–Trinajstić information content (AvgIpc) is 2.83. The number of rotatable bonds is 4. The molecule has 0 aliphatic rings. The predicted molar refractivity (Wildman–Crippen MR) is 79.5 cm³/mol. The molecule has 0 aliphatic heterocycles. The third-order valence-corrected chi connectivity index (χ3v) is 3.65. The number of carbonyl (C=O) groups excluding carboxylic acids is 2. The van der Waals surface area contributed by atoms with Crippen molar-refractivity contribution in [2.45, 2.75) is 4.90 Å². The van der Waals surface area contributed by atoms with Crippen LogP contribution in [-0.2, 0) is 11.8 Å². The highest BCUT2D eigenvalue weighted by Crippen LogP contribution is 2.19. The summed E-state index contributed by atoms with van der Waals surface area (Å²) in [4.78, 5) is 24.4. The van der Waals surface area contributed by atoms with E-state index in [1.54, 1.807) is 42.1 Å². The maximum Gasteiger partial charge on any atom is 0.274 e. The maximum absolute atomic E-state index is 11.8. The number of nitrogens with zero attached hydrogens (tertiary/aromatic N) is 1. The summed E-state index contributed by atoms with van der Waals surface area (Å²) in [5, 5.41) is 2.36. The minimum absolute atomic E-state index is 0.166.